The van der Waals surface area contributed by atoms with Crippen molar-refractivity contribution in [2.75, 3.05) is 5.32 Å². The van der Waals surface area contributed by atoms with Crippen LogP contribution in [0.5, 0.6) is 0 Å². The maximum atomic E-state index is 12.5. The first-order valence-corrected chi connectivity index (χ1v) is 8.66. The number of amides is 1. The summed E-state index contributed by atoms with van der Waals surface area (Å²) in [6.07, 6.45) is 1.41. The smallest absolute Gasteiger partial charge is 0.340 e. The Balaban J connectivity index is 1.47. The molecule has 0 fully saturated rings. The molecule has 6 nitrogen and oxygen atoms in total. The van der Waals surface area contributed by atoms with Crippen molar-refractivity contribution in [2.45, 2.75) is 6.61 Å². The van der Waals surface area contributed by atoms with Crippen LogP contribution in [0.1, 0.15) is 26.6 Å². The van der Waals surface area contributed by atoms with Gasteiger partial charge in [-0.25, -0.2) is 9.78 Å². The van der Waals surface area contributed by atoms with Gasteiger partial charge in [0.2, 0.25) is 0 Å². The molecule has 0 radical (unpaired) electrons. The molecule has 2 aromatic carbocycles. The molecule has 138 valence electrons. The molecule has 0 saturated carbocycles. The average molecular weight is 372 g/mol. The van der Waals surface area contributed by atoms with E-state index in [-0.39, 0.29) is 17.9 Å². The van der Waals surface area contributed by atoms with Crippen LogP contribution in [0.15, 0.2) is 83.5 Å². The quantitative estimate of drug-likeness (QED) is 0.524. The molecule has 0 saturated heterocycles. The van der Waals surface area contributed by atoms with E-state index in [4.69, 9.17) is 9.15 Å². The third-order valence-corrected chi connectivity index (χ3v) is 4.15. The number of nitrogens with one attached hydrogen (secondary N) is 1. The highest BCUT2D eigenvalue weighted by atomic mass is 16.5. The summed E-state index contributed by atoms with van der Waals surface area (Å²) >= 11 is 0. The van der Waals surface area contributed by atoms with Gasteiger partial charge in [-0.1, -0.05) is 36.4 Å². The number of nitrogens with zero attached hydrogens (tertiary/aromatic N) is 1. The van der Waals surface area contributed by atoms with Gasteiger partial charge in [-0.05, 0) is 36.4 Å². The van der Waals surface area contributed by atoms with Gasteiger partial charge >= 0.3 is 5.97 Å². The molecule has 1 amide bonds. The van der Waals surface area contributed by atoms with Crippen LogP contribution >= 0.6 is 0 Å². The van der Waals surface area contributed by atoms with Gasteiger partial charge in [0.05, 0.1) is 28.7 Å². The number of esters is 1. The minimum atomic E-state index is -0.551. The van der Waals surface area contributed by atoms with E-state index in [1.807, 2.05) is 36.4 Å². The van der Waals surface area contributed by atoms with Crippen LogP contribution in [0.4, 0.5) is 5.69 Å². The van der Waals surface area contributed by atoms with E-state index in [1.165, 1.54) is 6.26 Å². The molecule has 6 heteroatoms. The topological polar surface area (TPSA) is 81.4 Å². The van der Waals surface area contributed by atoms with Crippen LogP contribution in [0, 0.1) is 0 Å². The summed E-state index contributed by atoms with van der Waals surface area (Å²) in [7, 11) is 0. The highest BCUT2D eigenvalue weighted by Crippen LogP contribution is 2.19. The van der Waals surface area contributed by atoms with Crippen LogP contribution in [-0.4, -0.2) is 16.9 Å². The fourth-order valence-electron chi connectivity index (χ4n) is 2.77. The molecule has 0 spiro atoms. The highest BCUT2D eigenvalue weighted by molar-refractivity contribution is 6.06. The predicted molar refractivity (Wildman–Crippen MR) is 104 cm³/mol. The lowest BCUT2D eigenvalue weighted by molar-refractivity contribution is 0.0469. The first-order chi connectivity index (χ1) is 13.7. The summed E-state index contributed by atoms with van der Waals surface area (Å²) < 4.78 is 10.5. The second kappa shape index (κ2) is 7.75. The average Bonchev–Trinajstić information content (AvgIpc) is 3.27. The second-order valence-electron chi connectivity index (χ2n) is 6.05. The van der Waals surface area contributed by atoms with Crippen molar-refractivity contribution < 1.29 is 18.7 Å². The predicted octanol–water partition coefficient (Wildman–Crippen LogP) is 4.44. The van der Waals surface area contributed by atoms with Crippen LogP contribution in [-0.2, 0) is 11.3 Å². The number of ether oxygens (including phenoxy) is 1. The molecule has 28 heavy (non-hydrogen) atoms. The Hall–Kier alpha value is -3.93. The molecule has 0 bridgehead atoms. The summed E-state index contributed by atoms with van der Waals surface area (Å²) in [6, 6.07) is 21.3. The molecule has 1 N–H and O–H groups in total. The molecule has 0 unspecified atom stereocenters. The van der Waals surface area contributed by atoms with E-state index in [2.05, 4.69) is 10.3 Å². The first kappa shape index (κ1) is 17.5. The van der Waals surface area contributed by atoms with Crippen molar-refractivity contribution in [3.05, 3.63) is 96.1 Å². The third kappa shape index (κ3) is 3.76. The van der Waals surface area contributed by atoms with E-state index >= 15 is 0 Å². The molecule has 2 aromatic heterocycles. The Morgan fingerprint density at radius 1 is 0.929 bits per heavy atom. The van der Waals surface area contributed by atoms with Crippen LogP contribution < -0.4 is 5.32 Å². The molecular formula is C22H16N2O4. The van der Waals surface area contributed by atoms with Crippen molar-refractivity contribution in [1.82, 2.24) is 4.98 Å². The number of rotatable bonds is 5. The summed E-state index contributed by atoms with van der Waals surface area (Å²) in [5.74, 6) is -0.838. The SMILES string of the molecule is O=C(Nc1ccccc1C(=O)OCc1ccc2ccccc2n1)c1ccco1. The zero-order valence-corrected chi connectivity index (χ0v) is 14.8. The first-order valence-electron chi connectivity index (χ1n) is 8.66. The number of furan rings is 1. The number of hydrogen-bond acceptors (Lipinski definition) is 5. The summed E-state index contributed by atoms with van der Waals surface area (Å²) in [6.45, 7) is 0.0319. The van der Waals surface area contributed by atoms with Gasteiger partial charge in [0.1, 0.15) is 6.61 Å². The maximum Gasteiger partial charge on any atom is 0.340 e. The number of para-hydroxylation sites is 2. The fourth-order valence-corrected chi connectivity index (χ4v) is 2.77. The lowest BCUT2D eigenvalue weighted by Gasteiger charge is -2.10. The molecule has 0 aliphatic rings. The van der Waals surface area contributed by atoms with E-state index in [0.717, 1.165) is 10.9 Å². The minimum Gasteiger partial charge on any atom is -0.459 e. The van der Waals surface area contributed by atoms with Crippen molar-refractivity contribution in [3.8, 4) is 0 Å². The van der Waals surface area contributed by atoms with E-state index < -0.39 is 11.9 Å². The van der Waals surface area contributed by atoms with Crippen molar-refractivity contribution in [2.24, 2.45) is 0 Å². The fraction of sp³-hybridized carbons (Fsp3) is 0.0455. The van der Waals surface area contributed by atoms with Crippen LogP contribution in [0.25, 0.3) is 10.9 Å². The molecular weight excluding hydrogens is 356 g/mol. The normalized spacial score (nSPS) is 10.6. The van der Waals surface area contributed by atoms with Gasteiger partial charge < -0.3 is 14.5 Å². The van der Waals surface area contributed by atoms with E-state index in [0.29, 0.717) is 11.4 Å². The van der Waals surface area contributed by atoms with Crippen molar-refractivity contribution >= 4 is 28.5 Å². The lowest BCUT2D eigenvalue weighted by Crippen LogP contribution is -2.15. The van der Waals surface area contributed by atoms with E-state index in [1.54, 1.807) is 36.4 Å². The Morgan fingerprint density at radius 2 is 1.75 bits per heavy atom. The third-order valence-electron chi connectivity index (χ3n) is 4.15. The number of benzene rings is 2. The number of carbonyl (C=O) groups excluding carboxylic acids is 2. The molecule has 2 heterocycles. The Morgan fingerprint density at radius 3 is 2.61 bits per heavy atom. The molecule has 0 atom stereocenters. The maximum absolute atomic E-state index is 12.5. The van der Waals surface area contributed by atoms with Gasteiger partial charge in [-0.3, -0.25) is 4.79 Å². The number of pyridine rings is 1. The number of anilines is 1. The molecule has 4 rings (SSSR count). The van der Waals surface area contributed by atoms with Crippen molar-refractivity contribution in [1.29, 1.82) is 0 Å². The number of fused-ring (bicyclic) bond motifs is 1. The van der Waals surface area contributed by atoms with E-state index in [9.17, 15) is 9.59 Å². The zero-order chi connectivity index (χ0) is 19.3. The summed E-state index contributed by atoms with van der Waals surface area (Å²) in [4.78, 5) is 29.2. The molecule has 0 aliphatic heterocycles. The summed E-state index contributed by atoms with van der Waals surface area (Å²) in [5.41, 5.74) is 2.08. The largest absolute Gasteiger partial charge is 0.459 e. The number of aromatic nitrogens is 1. The van der Waals surface area contributed by atoms with Crippen LogP contribution in [0.3, 0.4) is 0 Å². The lowest BCUT2D eigenvalue weighted by atomic mass is 10.1. The Kier molecular flexibility index (Phi) is 4.84. The van der Waals surface area contributed by atoms with Gasteiger partial charge in [0.15, 0.2) is 5.76 Å². The number of carbonyl (C=O) groups is 2. The minimum absolute atomic E-state index is 0.0319. The van der Waals surface area contributed by atoms with Crippen LogP contribution in [0.2, 0.25) is 0 Å². The van der Waals surface area contributed by atoms with Gasteiger partial charge in [0, 0.05) is 5.39 Å². The molecule has 4 aromatic rings. The van der Waals surface area contributed by atoms with Gasteiger partial charge in [-0.2, -0.15) is 0 Å². The zero-order valence-electron chi connectivity index (χ0n) is 14.8. The second-order valence-corrected chi connectivity index (χ2v) is 6.05. The monoisotopic (exact) mass is 372 g/mol. The molecule has 0 aliphatic carbocycles. The van der Waals surface area contributed by atoms with Gasteiger partial charge in [-0.15, -0.1) is 0 Å². The number of hydrogen-bond donors (Lipinski definition) is 1. The van der Waals surface area contributed by atoms with Gasteiger partial charge in [0.25, 0.3) is 5.91 Å². The summed E-state index contributed by atoms with van der Waals surface area (Å²) in [5, 5.41) is 3.68. The standard InChI is InChI=1S/C22H16N2O4/c25-21(20-10-5-13-27-20)24-19-9-4-2-7-17(19)22(26)28-14-16-12-11-15-6-1-3-8-18(15)23-16/h1-13H,14H2,(H,24,25). The Bertz CT molecular complexity index is 1140. The van der Waals surface area contributed by atoms with Crippen molar-refractivity contribution in [3.63, 3.8) is 0 Å². The Labute approximate surface area is 160 Å². The highest BCUT2D eigenvalue weighted by Gasteiger charge is 2.16.